The van der Waals surface area contributed by atoms with Crippen LogP contribution in [0.5, 0.6) is 5.75 Å². The summed E-state index contributed by atoms with van der Waals surface area (Å²) in [5.41, 5.74) is 3.23. The van der Waals surface area contributed by atoms with E-state index in [1.165, 1.54) is 0 Å². The van der Waals surface area contributed by atoms with Crippen molar-refractivity contribution in [1.82, 2.24) is 9.55 Å². The first kappa shape index (κ1) is 15.3. The summed E-state index contributed by atoms with van der Waals surface area (Å²) in [5, 5.41) is 0. The summed E-state index contributed by atoms with van der Waals surface area (Å²) in [5.74, 6) is 1.83. The molecule has 1 aromatic heterocycles. The van der Waals surface area contributed by atoms with Gasteiger partial charge in [0.05, 0.1) is 11.0 Å². The van der Waals surface area contributed by atoms with Gasteiger partial charge in [-0.2, -0.15) is 0 Å². The smallest absolute Gasteiger partial charge is 0.156 e. The van der Waals surface area contributed by atoms with Crippen molar-refractivity contribution >= 4 is 11.0 Å². The van der Waals surface area contributed by atoms with Crippen LogP contribution in [0, 0.1) is 0 Å². The van der Waals surface area contributed by atoms with Crippen LogP contribution in [0.4, 0.5) is 0 Å². The zero-order valence-corrected chi connectivity index (χ0v) is 13.7. The standard InChI is InChI=1S/C20H22N2O/c1-4-19(23-16-10-6-5-7-11-16)20-21-17-12-8-9-13-18(17)22(20)14-15(2)3/h5-13,19H,2,4,14H2,1,3H3/t19-/m1/s1. The van der Waals surface area contributed by atoms with Crippen molar-refractivity contribution in [2.24, 2.45) is 0 Å². The van der Waals surface area contributed by atoms with E-state index in [0.717, 1.165) is 41.1 Å². The molecular weight excluding hydrogens is 284 g/mol. The highest BCUT2D eigenvalue weighted by molar-refractivity contribution is 5.76. The van der Waals surface area contributed by atoms with E-state index in [9.17, 15) is 0 Å². The van der Waals surface area contributed by atoms with Gasteiger partial charge in [-0.15, -0.1) is 0 Å². The highest BCUT2D eigenvalue weighted by Gasteiger charge is 2.20. The molecule has 0 aliphatic carbocycles. The Balaban J connectivity index is 2.03. The van der Waals surface area contributed by atoms with Crippen LogP contribution in [0.1, 0.15) is 32.2 Å². The third-order valence-electron chi connectivity index (χ3n) is 3.79. The molecule has 1 atom stereocenters. The highest BCUT2D eigenvalue weighted by Crippen LogP contribution is 2.28. The van der Waals surface area contributed by atoms with Gasteiger partial charge in [0, 0.05) is 6.54 Å². The van der Waals surface area contributed by atoms with Gasteiger partial charge in [0.25, 0.3) is 0 Å². The lowest BCUT2D eigenvalue weighted by Gasteiger charge is -2.19. The summed E-state index contributed by atoms with van der Waals surface area (Å²) < 4.78 is 8.41. The Morgan fingerprint density at radius 1 is 1.13 bits per heavy atom. The molecule has 3 heteroatoms. The molecule has 0 unspecified atom stereocenters. The van der Waals surface area contributed by atoms with Crippen LogP contribution in [0.2, 0.25) is 0 Å². The fraction of sp³-hybridized carbons (Fsp3) is 0.250. The average molecular weight is 306 g/mol. The summed E-state index contributed by atoms with van der Waals surface area (Å²) >= 11 is 0. The Morgan fingerprint density at radius 3 is 2.52 bits per heavy atom. The minimum absolute atomic E-state index is 0.0795. The molecule has 3 rings (SSSR count). The van der Waals surface area contributed by atoms with Crippen LogP contribution in [-0.2, 0) is 6.54 Å². The maximum Gasteiger partial charge on any atom is 0.156 e. The number of imidazole rings is 1. The van der Waals surface area contributed by atoms with Gasteiger partial charge in [0.15, 0.2) is 11.9 Å². The molecule has 0 saturated heterocycles. The van der Waals surface area contributed by atoms with Crippen LogP contribution in [-0.4, -0.2) is 9.55 Å². The molecule has 2 aromatic carbocycles. The van der Waals surface area contributed by atoms with Gasteiger partial charge in [-0.1, -0.05) is 49.4 Å². The lowest BCUT2D eigenvalue weighted by atomic mass is 10.2. The van der Waals surface area contributed by atoms with E-state index in [2.05, 4.69) is 24.1 Å². The Hall–Kier alpha value is -2.55. The summed E-state index contributed by atoms with van der Waals surface area (Å²) in [4.78, 5) is 4.83. The second kappa shape index (κ2) is 6.69. The molecule has 0 N–H and O–H groups in total. The first-order valence-electron chi connectivity index (χ1n) is 8.00. The SMILES string of the molecule is C=C(C)Cn1c([C@@H](CC)Oc2ccccc2)nc2ccccc21. The molecule has 0 saturated carbocycles. The molecule has 3 nitrogen and oxygen atoms in total. The lowest BCUT2D eigenvalue weighted by Crippen LogP contribution is -2.14. The lowest BCUT2D eigenvalue weighted by molar-refractivity contribution is 0.187. The van der Waals surface area contributed by atoms with Crippen LogP contribution >= 0.6 is 0 Å². The molecular formula is C20H22N2O. The average Bonchev–Trinajstić information content (AvgIpc) is 2.92. The molecule has 3 aromatic rings. The Labute approximate surface area is 137 Å². The molecule has 0 bridgehead atoms. The van der Waals surface area contributed by atoms with Gasteiger partial charge >= 0.3 is 0 Å². The number of hydrogen-bond acceptors (Lipinski definition) is 2. The number of ether oxygens (including phenoxy) is 1. The van der Waals surface area contributed by atoms with E-state index in [0.29, 0.717) is 0 Å². The minimum Gasteiger partial charge on any atom is -0.483 e. The zero-order valence-electron chi connectivity index (χ0n) is 13.7. The fourth-order valence-electron chi connectivity index (χ4n) is 2.76. The summed E-state index contributed by atoms with van der Waals surface area (Å²) in [6.07, 6.45) is 0.776. The number of fused-ring (bicyclic) bond motifs is 1. The van der Waals surface area contributed by atoms with Gasteiger partial charge in [0.1, 0.15) is 5.75 Å². The summed E-state index contributed by atoms with van der Waals surface area (Å²) in [7, 11) is 0. The normalized spacial score (nSPS) is 12.3. The molecule has 0 amide bonds. The molecule has 0 spiro atoms. The van der Waals surface area contributed by atoms with Crippen LogP contribution in [0.15, 0.2) is 66.7 Å². The van der Waals surface area contributed by atoms with Crippen LogP contribution in [0.25, 0.3) is 11.0 Å². The zero-order chi connectivity index (χ0) is 16.2. The van der Waals surface area contributed by atoms with Gasteiger partial charge < -0.3 is 9.30 Å². The number of hydrogen-bond donors (Lipinski definition) is 0. The van der Waals surface area contributed by atoms with E-state index < -0.39 is 0 Å². The van der Waals surface area contributed by atoms with Crippen molar-refractivity contribution in [3.63, 3.8) is 0 Å². The van der Waals surface area contributed by atoms with Crippen molar-refractivity contribution in [2.45, 2.75) is 32.9 Å². The third-order valence-corrected chi connectivity index (χ3v) is 3.79. The Kier molecular flexibility index (Phi) is 4.47. The fourth-order valence-corrected chi connectivity index (χ4v) is 2.76. The van der Waals surface area contributed by atoms with E-state index in [-0.39, 0.29) is 6.10 Å². The highest BCUT2D eigenvalue weighted by atomic mass is 16.5. The van der Waals surface area contributed by atoms with Gasteiger partial charge in [0.2, 0.25) is 0 Å². The van der Waals surface area contributed by atoms with Gasteiger partial charge in [-0.3, -0.25) is 0 Å². The quantitative estimate of drug-likeness (QED) is 0.589. The number of nitrogens with zero attached hydrogens (tertiary/aromatic N) is 2. The molecule has 0 aliphatic rings. The second-order valence-electron chi connectivity index (χ2n) is 5.83. The maximum absolute atomic E-state index is 6.19. The summed E-state index contributed by atoms with van der Waals surface area (Å²) in [6, 6.07) is 18.1. The van der Waals surface area contributed by atoms with Crippen LogP contribution in [0.3, 0.4) is 0 Å². The Morgan fingerprint density at radius 2 is 1.83 bits per heavy atom. The topological polar surface area (TPSA) is 27.1 Å². The van der Waals surface area contributed by atoms with Gasteiger partial charge in [-0.05, 0) is 37.6 Å². The van der Waals surface area contributed by atoms with Crippen molar-refractivity contribution in [2.75, 3.05) is 0 Å². The molecule has 1 heterocycles. The molecule has 118 valence electrons. The summed E-state index contributed by atoms with van der Waals surface area (Å²) in [6.45, 7) is 8.97. The number of benzene rings is 2. The van der Waals surface area contributed by atoms with Gasteiger partial charge in [-0.25, -0.2) is 4.98 Å². The first-order chi connectivity index (χ1) is 11.2. The number of para-hydroxylation sites is 3. The molecule has 0 radical (unpaired) electrons. The molecule has 23 heavy (non-hydrogen) atoms. The predicted octanol–water partition coefficient (Wildman–Crippen LogP) is 5.14. The first-order valence-corrected chi connectivity index (χ1v) is 8.00. The van der Waals surface area contributed by atoms with Crippen molar-refractivity contribution in [3.8, 4) is 5.75 Å². The van der Waals surface area contributed by atoms with E-state index >= 15 is 0 Å². The third kappa shape index (κ3) is 3.29. The number of aromatic nitrogens is 2. The molecule has 0 aliphatic heterocycles. The number of rotatable bonds is 6. The van der Waals surface area contributed by atoms with E-state index in [1.807, 2.05) is 55.5 Å². The van der Waals surface area contributed by atoms with E-state index in [1.54, 1.807) is 0 Å². The molecule has 0 fully saturated rings. The van der Waals surface area contributed by atoms with Crippen LogP contribution < -0.4 is 4.74 Å². The number of allylic oxidation sites excluding steroid dienone is 1. The maximum atomic E-state index is 6.19. The second-order valence-corrected chi connectivity index (χ2v) is 5.83. The van der Waals surface area contributed by atoms with Crippen molar-refractivity contribution in [3.05, 3.63) is 72.6 Å². The monoisotopic (exact) mass is 306 g/mol. The van der Waals surface area contributed by atoms with Crippen molar-refractivity contribution < 1.29 is 4.74 Å². The Bertz CT molecular complexity index is 805. The van der Waals surface area contributed by atoms with E-state index in [4.69, 9.17) is 9.72 Å². The largest absolute Gasteiger partial charge is 0.483 e. The van der Waals surface area contributed by atoms with Crippen molar-refractivity contribution in [1.29, 1.82) is 0 Å². The minimum atomic E-state index is -0.0795. The predicted molar refractivity (Wildman–Crippen MR) is 94.6 cm³/mol.